The minimum Gasteiger partial charge on any atom is -0.491 e. The second-order valence-electron chi connectivity index (χ2n) is 7.16. The number of thioether (sulfide) groups is 1. The Morgan fingerprint density at radius 3 is 3.00 bits per heavy atom. The SMILES string of the molecule is CC(C)(C)OC(=O)NCSC=NC(=O)c1cn2c(n1)-c1ccc(Br)cc1OCC2. The second kappa shape index (κ2) is 9.00. The van der Waals surface area contributed by atoms with Crippen LogP contribution in [-0.4, -0.2) is 45.2 Å². The van der Waals surface area contributed by atoms with Crippen LogP contribution in [0.25, 0.3) is 11.4 Å². The van der Waals surface area contributed by atoms with E-state index in [-0.39, 0.29) is 11.6 Å². The van der Waals surface area contributed by atoms with Gasteiger partial charge in [-0.05, 0) is 39.0 Å². The minimum absolute atomic E-state index is 0.241. The number of benzene rings is 1. The number of halogens is 1. The Morgan fingerprint density at radius 1 is 1.45 bits per heavy atom. The molecule has 2 heterocycles. The molecule has 0 spiro atoms. The lowest BCUT2D eigenvalue weighted by Crippen LogP contribution is -2.32. The lowest BCUT2D eigenvalue weighted by Gasteiger charge is -2.19. The second-order valence-corrected chi connectivity index (χ2v) is 8.91. The molecule has 0 bridgehead atoms. The van der Waals surface area contributed by atoms with Crippen molar-refractivity contribution < 1.29 is 19.1 Å². The number of rotatable bonds is 4. The molecular weight excluding hydrogens is 460 g/mol. The monoisotopic (exact) mass is 480 g/mol. The molecule has 0 fully saturated rings. The van der Waals surface area contributed by atoms with Gasteiger partial charge in [0.1, 0.15) is 29.5 Å². The molecule has 1 aliphatic rings. The van der Waals surface area contributed by atoms with Crippen molar-refractivity contribution in [1.82, 2.24) is 14.9 Å². The zero-order valence-corrected chi connectivity index (χ0v) is 18.7. The molecule has 0 saturated heterocycles. The number of nitrogens with zero attached hydrogens (tertiary/aromatic N) is 3. The molecule has 3 rings (SSSR count). The average molecular weight is 481 g/mol. The van der Waals surface area contributed by atoms with Crippen molar-refractivity contribution in [3.05, 3.63) is 34.6 Å². The predicted octanol–water partition coefficient (Wildman–Crippen LogP) is 4.09. The van der Waals surface area contributed by atoms with Crippen LogP contribution >= 0.6 is 27.7 Å². The maximum Gasteiger partial charge on any atom is 0.408 e. The molecule has 2 amide bonds. The molecule has 1 N–H and O–H groups in total. The van der Waals surface area contributed by atoms with Crippen molar-refractivity contribution in [3.63, 3.8) is 0 Å². The van der Waals surface area contributed by atoms with E-state index >= 15 is 0 Å². The summed E-state index contributed by atoms with van der Waals surface area (Å²) >= 11 is 4.61. The molecule has 2 aromatic rings. The number of ether oxygens (including phenoxy) is 2. The first kappa shape index (κ1) is 21.4. The maximum absolute atomic E-state index is 12.4. The van der Waals surface area contributed by atoms with E-state index in [4.69, 9.17) is 9.47 Å². The average Bonchev–Trinajstić information content (AvgIpc) is 2.97. The maximum atomic E-state index is 12.4. The Labute approximate surface area is 181 Å². The normalized spacial score (nSPS) is 13.2. The standard InChI is InChI=1S/C19H21BrN4O4S/c1-19(2,3)28-18(26)22-11-29-10-21-17(25)14-9-24-6-7-27-15-8-12(20)4-5-13(15)16(24)23-14/h4-5,8-10H,6-7,11H2,1-3H3,(H,22,26). The molecule has 154 valence electrons. The molecule has 0 saturated carbocycles. The van der Waals surface area contributed by atoms with E-state index in [1.54, 1.807) is 27.0 Å². The fourth-order valence-corrected chi connectivity index (χ4v) is 3.35. The van der Waals surface area contributed by atoms with Gasteiger partial charge in [0.05, 0.1) is 23.5 Å². The van der Waals surface area contributed by atoms with Crippen molar-refractivity contribution in [2.24, 2.45) is 4.99 Å². The topological polar surface area (TPSA) is 94.8 Å². The Bertz CT molecular complexity index is 952. The molecule has 1 aromatic carbocycles. The Morgan fingerprint density at radius 2 is 2.24 bits per heavy atom. The highest BCUT2D eigenvalue weighted by atomic mass is 79.9. The van der Waals surface area contributed by atoms with E-state index in [2.05, 4.69) is 31.2 Å². The van der Waals surface area contributed by atoms with Crippen LogP contribution in [0.3, 0.4) is 0 Å². The highest BCUT2D eigenvalue weighted by Gasteiger charge is 2.21. The van der Waals surface area contributed by atoms with Gasteiger partial charge >= 0.3 is 6.09 Å². The first-order chi connectivity index (χ1) is 13.7. The summed E-state index contributed by atoms with van der Waals surface area (Å²) in [6.07, 6.45) is 1.16. The van der Waals surface area contributed by atoms with Crippen molar-refractivity contribution >= 4 is 45.2 Å². The van der Waals surface area contributed by atoms with Gasteiger partial charge in [-0.1, -0.05) is 27.7 Å². The van der Waals surface area contributed by atoms with Gasteiger partial charge in [-0.2, -0.15) is 0 Å². The van der Waals surface area contributed by atoms with Gasteiger partial charge in [-0.25, -0.2) is 14.8 Å². The van der Waals surface area contributed by atoms with E-state index in [0.717, 1.165) is 15.8 Å². The van der Waals surface area contributed by atoms with Gasteiger partial charge in [0.15, 0.2) is 0 Å². The van der Waals surface area contributed by atoms with Gasteiger partial charge in [-0.3, -0.25) is 4.79 Å². The fourth-order valence-electron chi connectivity index (χ4n) is 2.56. The van der Waals surface area contributed by atoms with Crippen LogP contribution < -0.4 is 10.1 Å². The molecule has 1 aromatic heterocycles. The smallest absolute Gasteiger partial charge is 0.408 e. The number of hydrogen-bond acceptors (Lipinski definition) is 6. The predicted molar refractivity (Wildman–Crippen MR) is 116 cm³/mol. The van der Waals surface area contributed by atoms with Gasteiger partial charge in [0.25, 0.3) is 5.91 Å². The van der Waals surface area contributed by atoms with E-state index < -0.39 is 17.6 Å². The number of imidazole rings is 1. The van der Waals surface area contributed by atoms with Crippen LogP contribution in [0.5, 0.6) is 5.75 Å². The van der Waals surface area contributed by atoms with Gasteiger partial charge < -0.3 is 19.4 Å². The summed E-state index contributed by atoms with van der Waals surface area (Å²) in [6, 6.07) is 5.69. The zero-order chi connectivity index (χ0) is 21.0. The third-order valence-electron chi connectivity index (χ3n) is 3.71. The van der Waals surface area contributed by atoms with Gasteiger partial charge in [0.2, 0.25) is 0 Å². The number of carbonyl (C=O) groups excluding carboxylic acids is 2. The highest BCUT2D eigenvalue weighted by molar-refractivity contribution is 9.10. The molecule has 8 nitrogen and oxygen atoms in total. The lowest BCUT2D eigenvalue weighted by molar-refractivity contribution is 0.0538. The van der Waals surface area contributed by atoms with E-state index in [0.29, 0.717) is 19.0 Å². The molecule has 0 unspecified atom stereocenters. The molecule has 1 aliphatic heterocycles. The minimum atomic E-state index is -0.558. The molecule has 0 radical (unpaired) electrons. The van der Waals surface area contributed by atoms with Crippen LogP contribution in [-0.2, 0) is 11.3 Å². The van der Waals surface area contributed by atoms with Gasteiger partial charge in [0, 0.05) is 10.7 Å². The third-order valence-corrected chi connectivity index (χ3v) is 4.77. The zero-order valence-electron chi connectivity index (χ0n) is 16.3. The summed E-state index contributed by atoms with van der Waals surface area (Å²) in [5.41, 5.74) is 1.91. The first-order valence-corrected chi connectivity index (χ1v) is 10.7. The van der Waals surface area contributed by atoms with E-state index in [1.165, 1.54) is 17.3 Å². The van der Waals surface area contributed by atoms with Crippen LogP contribution in [0.2, 0.25) is 0 Å². The molecule has 29 heavy (non-hydrogen) atoms. The van der Waals surface area contributed by atoms with Crippen LogP contribution in [0.4, 0.5) is 4.79 Å². The molecule has 0 aliphatic carbocycles. The number of fused-ring (bicyclic) bond motifs is 3. The molecule has 0 atom stereocenters. The highest BCUT2D eigenvalue weighted by Crippen LogP contribution is 2.34. The van der Waals surface area contributed by atoms with Crippen molar-refractivity contribution in [3.8, 4) is 17.1 Å². The number of aromatic nitrogens is 2. The van der Waals surface area contributed by atoms with E-state index in [1.807, 2.05) is 22.8 Å². The number of aliphatic imine (C=N–C) groups is 1. The summed E-state index contributed by atoms with van der Waals surface area (Å²) in [5.74, 6) is 1.18. The van der Waals surface area contributed by atoms with Crippen molar-refractivity contribution in [2.45, 2.75) is 32.9 Å². The Hall–Kier alpha value is -2.33. The summed E-state index contributed by atoms with van der Waals surface area (Å²) < 4.78 is 13.7. The van der Waals surface area contributed by atoms with Crippen LogP contribution in [0, 0.1) is 0 Å². The number of alkyl carbamates (subject to hydrolysis) is 1. The van der Waals surface area contributed by atoms with Crippen LogP contribution in [0.1, 0.15) is 31.3 Å². The first-order valence-electron chi connectivity index (χ1n) is 8.88. The largest absolute Gasteiger partial charge is 0.491 e. The molecular formula is C19H21BrN4O4S. The number of amides is 2. The summed E-state index contributed by atoms with van der Waals surface area (Å²) in [5, 5.41) is 2.58. The Kier molecular flexibility index (Phi) is 6.63. The third kappa shape index (κ3) is 5.83. The fraction of sp³-hybridized carbons (Fsp3) is 0.368. The lowest BCUT2D eigenvalue weighted by atomic mass is 10.2. The van der Waals surface area contributed by atoms with Crippen molar-refractivity contribution in [1.29, 1.82) is 0 Å². The Balaban J connectivity index is 1.61. The number of hydrogen-bond donors (Lipinski definition) is 1. The van der Waals surface area contributed by atoms with Crippen molar-refractivity contribution in [2.75, 3.05) is 12.5 Å². The quantitative estimate of drug-likeness (QED) is 0.306. The summed E-state index contributed by atoms with van der Waals surface area (Å²) in [6.45, 7) is 6.43. The summed E-state index contributed by atoms with van der Waals surface area (Å²) in [7, 11) is 0. The van der Waals surface area contributed by atoms with Gasteiger partial charge in [-0.15, -0.1) is 0 Å². The van der Waals surface area contributed by atoms with E-state index in [9.17, 15) is 9.59 Å². The summed E-state index contributed by atoms with van der Waals surface area (Å²) in [4.78, 5) is 32.3. The number of carbonyl (C=O) groups is 2. The molecule has 10 heteroatoms. The number of nitrogens with one attached hydrogen (secondary N) is 1. The van der Waals surface area contributed by atoms with Crippen LogP contribution in [0.15, 0.2) is 33.9 Å².